The van der Waals surface area contributed by atoms with Gasteiger partial charge in [-0.15, -0.1) is 7.92 Å². The second-order valence-electron chi connectivity index (χ2n) is 5.18. The molecule has 5 atom stereocenters. The first kappa shape index (κ1) is 12.5. The average Bonchev–Trinajstić information content (AvgIpc) is 2.14. The Balaban J connectivity index is 2.45. The molecule has 1 aliphatic rings. The Kier molecular flexibility index (Phi) is 4.91. The maximum atomic E-state index is 2.52. The van der Waals surface area contributed by atoms with Crippen LogP contribution in [0, 0.1) is 17.8 Å². The molecular formula is C13H27P. The lowest BCUT2D eigenvalue weighted by atomic mass is 9.63. The van der Waals surface area contributed by atoms with Gasteiger partial charge in [0.1, 0.15) is 0 Å². The van der Waals surface area contributed by atoms with Gasteiger partial charge in [0.2, 0.25) is 0 Å². The van der Waals surface area contributed by atoms with Gasteiger partial charge < -0.3 is 0 Å². The molecule has 0 aliphatic heterocycles. The van der Waals surface area contributed by atoms with Crippen molar-refractivity contribution in [1.82, 2.24) is 0 Å². The normalized spacial score (nSPS) is 36.2. The third kappa shape index (κ3) is 2.51. The second kappa shape index (κ2) is 5.50. The van der Waals surface area contributed by atoms with Crippen LogP contribution in [0.25, 0.3) is 0 Å². The number of hydrogen-bond acceptors (Lipinski definition) is 0. The van der Waals surface area contributed by atoms with Crippen molar-refractivity contribution in [3.8, 4) is 0 Å². The Labute approximate surface area is 91.6 Å². The highest BCUT2D eigenvalue weighted by molar-refractivity contribution is 7.57. The van der Waals surface area contributed by atoms with Crippen LogP contribution in [-0.2, 0) is 0 Å². The third-order valence-corrected chi connectivity index (χ3v) is 7.12. The first-order chi connectivity index (χ1) is 6.61. The Hall–Kier alpha value is 0.430. The molecule has 0 aromatic rings. The molecule has 0 spiro atoms. The molecule has 1 rings (SSSR count). The summed E-state index contributed by atoms with van der Waals surface area (Å²) in [5.74, 6) is 3.13. The molecule has 0 N–H and O–H groups in total. The molecule has 0 nitrogen and oxygen atoms in total. The van der Waals surface area contributed by atoms with E-state index in [9.17, 15) is 0 Å². The van der Waals surface area contributed by atoms with Crippen LogP contribution in [0.4, 0.5) is 0 Å². The SMILES string of the molecule is CCCP(C)C(C)C1C(C)CC1CC. The van der Waals surface area contributed by atoms with Crippen LogP contribution in [0.1, 0.15) is 47.0 Å². The quantitative estimate of drug-likeness (QED) is 0.588. The van der Waals surface area contributed by atoms with Crippen LogP contribution < -0.4 is 0 Å². The van der Waals surface area contributed by atoms with Crippen molar-refractivity contribution < 1.29 is 0 Å². The fourth-order valence-electron chi connectivity index (χ4n) is 3.22. The molecule has 0 heterocycles. The second-order valence-corrected chi connectivity index (χ2v) is 7.96. The minimum atomic E-state index is 0.305. The molecule has 1 fully saturated rings. The van der Waals surface area contributed by atoms with Gasteiger partial charge in [0.25, 0.3) is 0 Å². The van der Waals surface area contributed by atoms with E-state index in [2.05, 4.69) is 34.4 Å². The molecule has 14 heavy (non-hydrogen) atoms. The summed E-state index contributed by atoms with van der Waals surface area (Å²) in [6.45, 7) is 12.2. The van der Waals surface area contributed by atoms with Crippen LogP contribution in [-0.4, -0.2) is 18.5 Å². The van der Waals surface area contributed by atoms with E-state index in [4.69, 9.17) is 0 Å². The van der Waals surface area contributed by atoms with Crippen molar-refractivity contribution in [1.29, 1.82) is 0 Å². The lowest BCUT2D eigenvalue weighted by Gasteiger charge is -2.48. The Bertz CT molecular complexity index is 167. The van der Waals surface area contributed by atoms with Gasteiger partial charge in [-0.3, -0.25) is 0 Å². The third-order valence-electron chi connectivity index (χ3n) is 4.23. The molecule has 0 saturated heterocycles. The highest BCUT2D eigenvalue weighted by Gasteiger charge is 2.41. The van der Waals surface area contributed by atoms with Crippen molar-refractivity contribution in [3.63, 3.8) is 0 Å². The molecule has 0 aromatic heterocycles. The summed E-state index contributed by atoms with van der Waals surface area (Å²) in [6, 6.07) is 0. The lowest BCUT2D eigenvalue weighted by Crippen LogP contribution is -2.41. The van der Waals surface area contributed by atoms with Crippen molar-refractivity contribution >= 4 is 7.92 Å². The van der Waals surface area contributed by atoms with Gasteiger partial charge in [0.15, 0.2) is 0 Å². The predicted molar refractivity (Wildman–Crippen MR) is 68.5 cm³/mol. The summed E-state index contributed by atoms with van der Waals surface area (Å²) in [4.78, 5) is 0. The van der Waals surface area contributed by atoms with Gasteiger partial charge in [0.05, 0.1) is 0 Å². The maximum absolute atomic E-state index is 2.52. The summed E-state index contributed by atoms with van der Waals surface area (Å²) >= 11 is 0. The first-order valence-electron chi connectivity index (χ1n) is 6.32. The highest BCUT2D eigenvalue weighted by Crippen LogP contribution is 2.53. The minimum Gasteiger partial charge on any atom is -0.107 e. The van der Waals surface area contributed by atoms with Gasteiger partial charge in [-0.2, -0.15) is 0 Å². The zero-order valence-corrected chi connectivity index (χ0v) is 11.5. The van der Waals surface area contributed by atoms with Gasteiger partial charge in [-0.25, -0.2) is 0 Å². The summed E-state index contributed by atoms with van der Waals surface area (Å²) in [5, 5.41) is 0. The zero-order chi connectivity index (χ0) is 10.7. The van der Waals surface area contributed by atoms with E-state index in [1.165, 1.54) is 25.4 Å². The van der Waals surface area contributed by atoms with Crippen LogP contribution in [0.15, 0.2) is 0 Å². The average molecular weight is 214 g/mol. The van der Waals surface area contributed by atoms with Crippen molar-refractivity contribution in [2.24, 2.45) is 17.8 Å². The van der Waals surface area contributed by atoms with E-state index in [0.717, 1.165) is 23.4 Å². The van der Waals surface area contributed by atoms with Crippen LogP contribution >= 0.6 is 7.92 Å². The van der Waals surface area contributed by atoms with E-state index in [-0.39, 0.29) is 0 Å². The van der Waals surface area contributed by atoms with Gasteiger partial charge in [-0.05, 0) is 42.7 Å². The summed E-state index contributed by atoms with van der Waals surface area (Å²) in [6.07, 6.45) is 5.77. The standard InChI is InChI=1S/C13H27P/c1-6-8-14(5)11(4)13-10(3)9-12(13)7-2/h10-13H,6-9H2,1-5H3. The van der Waals surface area contributed by atoms with E-state index in [1.54, 1.807) is 0 Å². The Morgan fingerprint density at radius 2 is 2.00 bits per heavy atom. The van der Waals surface area contributed by atoms with Crippen molar-refractivity contribution in [2.45, 2.75) is 52.6 Å². The molecule has 0 bridgehead atoms. The maximum Gasteiger partial charge on any atom is -0.0207 e. The van der Waals surface area contributed by atoms with Crippen LogP contribution in [0.5, 0.6) is 0 Å². The molecule has 0 amide bonds. The molecule has 1 saturated carbocycles. The van der Waals surface area contributed by atoms with Gasteiger partial charge >= 0.3 is 0 Å². The smallest absolute Gasteiger partial charge is 0.0207 e. The van der Waals surface area contributed by atoms with Gasteiger partial charge in [0, 0.05) is 0 Å². The van der Waals surface area contributed by atoms with E-state index in [1.807, 2.05) is 0 Å². The first-order valence-corrected chi connectivity index (χ1v) is 8.36. The summed E-state index contributed by atoms with van der Waals surface area (Å²) < 4.78 is 0. The topological polar surface area (TPSA) is 0 Å². The molecular weight excluding hydrogens is 187 g/mol. The summed E-state index contributed by atoms with van der Waals surface area (Å²) in [7, 11) is 0.305. The molecule has 1 aliphatic carbocycles. The van der Waals surface area contributed by atoms with E-state index < -0.39 is 0 Å². The number of rotatable bonds is 5. The fourth-order valence-corrected chi connectivity index (χ4v) is 5.46. The monoisotopic (exact) mass is 214 g/mol. The van der Waals surface area contributed by atoms with Crippen molar-refractivity contribution in [3.05, 3.63) is 0 Å². The molecule has 0 aromatic carbocycles. The predicted octanol–water partition coefficient (Wildman–Crippen LogP) is 4.58. The fraction of sp³-hybridized carbons (Fsp3) is 1.00. The van der Waals surface area contributed by atoms with E-state index >= 15 is 0 Å². The van der Waals surface area contributed by atoms with Gasteiger partial charge in [-0.1, -0.05) is 40.5 Å². The Morgan fingerprint density at radius 3 is 2.43 bits per heavy atom. The highest BCUT2D eigenvalue weighted by atomic mass is 31.1. The number of hydrogen-bond donors (Lipinski definition) is 0. The molecule has 1 heteroatoms. The summed E-state index contributed by atoms with van der Waals surface area (Å²) in [5.41, 5.74) is 1.01. The lowest BCUT2D eigenvalue weighted by molar-refractivity contribution is 0.0824. The van der Waals surface area contributed by atoms with Crippen LogP contribution in [0.3, 0.4) is 0 Å². The van der Waals surface area contributed by atoms with Crippen molar-refractivity contribution in [2.75, 3.05) is 12.8 Å². The zero-order valence-electron chi connectivity index (χ0n) is 10.6. The van der Waals surface area contributed by atoms with Crippen LogP contribution in [0.2, 0.25) is 0 Å². The largest absolute Gasteiger partial charge is 0.107 e. The molecule has 84 valence electrons. The molecule has 0 radical (unpaired) electrons. The molecule has 5 unspecified atom stereocenters. The minimum absolute atomic E-state index is 0.305. The van der Waals surface area contributed by atoms with E-state index in [0.29, 0.717) is 7.92 Å². The Morgan fingerprint density at radius 1 is 1.36 bits per heavy atom.